The number of rotatable bonds is 4. The summed E-state index contributed by atoms with van der Waals surface area (Å²) in [7, 11) is 1.66. The van der Waals surface area contributed by atoms with E-state index < -0.39 is 0 Å². The molecule has 4 nitrogen and oxygen atoms in total. The summed E-state index contributed by atoms with van der Waals surface area (Å²) < 4.78 is 5.09. The summed E-state index contributed by atoms with van der Waals surface area (Å²) in [5.74, 6) is 0.852. The van der Waals surface area contributed by atoms with E-state index in [2.05, 4.69) is 0 Å². The molecule has 0 saturated carbocycles. The smallest absolute Gasteiger partial charge is 0.253 e. The third-order valence-corrected chi connectivity index (χ3v) is 4.66. The van der Waals surface area contributed by atoms with Crippen LogP contribution in [0.15, 0.2) is 48.5 Å². The lowest BCUT2D eigenvalue weighted by Crippen LogP contribution is -2.37. The first-order valence-corrected chi connectivity index (χ1v) is 8.33. The molecular formula is C20H23NO3. The highest BCUT2D eigenvalue weighted by atomic mass is 16.5. The molecule has 1 saturated heterocycles. The van der Waals surface area contributed by atoms with Gasteiger partial charge >= 0.3 is 0 Å². The highest BCUT2D eigenvalue weighted by Gasteiger charge is 2.24. The second-order valence-electron chi connectivity index (χ2n) is 6.29. The van der Waals surface area contributed by atoms with Gasteiger partial charge in [-0.05, 0) is 54.2 Å². The van der Waals surface area contributed by atoms with Crippen molar-refractivity contribution in [1.82, 2.24) is 4.90 Å². The Bertz CT molecular complexity index is 671. The molecule has 0 aliphatic carbocycles. The van der Waals surface area contributed by atoms with Gasteiger partial charge in [-0.1, -0.05) is 24.3 Å². The topological polar surface area (TPSA) is 49.8 Å². The average molecular weight is 325 g/mol. The lowest BCUT2D eigenvalue weighted by molar-refractivity contribution is 0.0713. The number of carbonyl (C=O) groups is 1. The molecule has 1 amide bonds. The van der Waals surface area contributed by atoms with Gasteiger partial charge in [0.05, 0.1) is 6.61 Å². The molecule has 1 heterocycles. The van der Waals surface area contributed by atoms with Crippen LogP contribution in [0.2, 0.25) is 0 Å². The van der Waals surface area contributed by atoms with Gasteiger partial charge in [0.1, 0.15) is 5.75 Å². The Morgan fingerprint density at radius 1 is 1.08 bits per heavy atom. The van der Waals surface area contributed by atoms with Crippen LogP contribution in [-0.4, -0.2) is 36.1 Å². The number of carbonyl (C=O) groups excluding carboxylic acids is 1. The standard InChI is InChI=1S/C20H23NO3/c1-24-14-15-2-4-18(5-3-15)20(23)21-12-10-17(11-13-21)16-6-8-19(22)9-7-16/h2-9,17,22H,10-14H2,1H3. The van der Waals surface area contributed by atoms with E-state index in [1.165, 1.54) is 5.56 Å². The van der Waals surface area contributed by atoms with E-state index in [0.717, 1.165) is 37.1 Å². The molecule has 4 heteroatoms. The van der Waals surface area contributed by atoms with Crippen molar-refractivity contribution in [1.29, 1.82) is 0 Å². The molecule has 1 N–H and O–H groups in total. The van der Waals surface area contributed by atoms with Crippen molar-refractivity contribution in [2.75, 3.05) is 20.2 Å². The maximum Gasteiger partial charge on any atom is 0.253 e. The van der Waals surface area contributed by atoms with Crippen LogP contribution in [0.5, 0.6) is 5.75 Å². The Hall–Kier alpha value is -2.33. The second kappa shape index (κ2) is 7.49. The number of phenols is 1. The van der Waals surface area contributed by atoms with Crippen molar-refractivity contribution >= 4 is 5.91 Å². The minimum Gasteiger partial charge on any atom is -0.508 e. The van der Waals surface area contributed by atoms with E-state index in [9.17, 15) is 9.90 Å². The van der Waals surface area contributed by atoms with Crippen LogP contribution in [0.4, 0.5) is 0 Å². The number of methoxy groups -OCH3 is 1. The lowest BCUT2D eigenvalue weighted by atomic mass is 9.89. The van der Waals surface area contributed by atoms with E-state index in [1.54, 1.807) is 19.2 Å². The van der Waals surface area contributed by atoms with Gasteiger partial charge in [0.2, 0.25) is 0 Å². The summed E-state index contributed by atoms with van der Waals surface area (Å²) in [6.45, 7) is 2.10. The molecule has 0 aromatic heterocycles. The molecule has 0 radical (unpaired) electrons. The molecule has 0 spiro atoms. The molecule has 3 rings (SSSR count). The van der Waals surface area contributed by atoms with E-state index in [1.807, 2.05) is 41.3 Å². The minimum absolute atomic E-state index is 0.100. The first kappa shape index (κ1) is 16.5. The third kappa shape index (κ3) is 3.77. The molecule has 2 aromatic rings. The van der Waals surface area contributed by atoms with Crippen LogP contribution in [0.25, 0.3) is 0 Å². The Labute approximate surface area is 142 Å². The Morgan fingerprint density at radius 2 is 1.71 bits per heavy atom. The van der Waals surface area contributed by atoms with Gasteiger partial charge in [0, 0.05) is 25.8 Å². The van der Waals surface area contributed by atoms with Crippen LogP contribution in [0.1, 0.15) is 40.2 Å². The predicted molar refractivity (Wildman–Crippen MR) is 93.1 cm³/mol. The monoisotopic (exact) mass is 325 g/mol. The fourth-order valence-electron chi connectivity index (χ4n) is 3.26. The van der Waals surface area contributed by atoms with E-state index >= 15 is 0 Å². The van der Waals surface area contributed by atoms with Gasteiger partial charge in [-0.3, -0.25) is 4.79 Å². The summed E-state index contributed by atoms with van der Waals surface area (Å²) in [6, 6.07) is 15.1. The van der Waals surface area contributed by atoms with Gasteiger partial charge < -0.3 is 14.7 Å². The van der Waals surface area contributed by atoms with Crippen LogP contribution in [-0.2, 0) is 11.3 Å². The molecule has 1 aliphatic heterocycles. The zero-order valence-electron chi connectivity index (χ0n) is 13.9. The first-order chi connectivity index (χ1) is 11.7. The first-order valence-electron chi connectivity index (χ1n) is 8.33. The lowest BCUT2D eigenvalue weighted by Gasteiger charge is -2.32. The number of aromatic hydroxyl groups is 1. The molecule has 24 heavy (non-hydrogen) atoms. The number of piperidine rings is 1. The van der Waals surface area contributed by atoms with Gasteiger partial charge in [-0.25, -0.2) is 0 Å². The SMILES string of the molecule is COCc1ccc(C(=O)N2CCC(c3ccc(O)cc3)CC2)cc1. The molecule has 0 unspecified atom stereocenters. The van der Waals surface area contributed by atoms with Crippen LogP contribution in [0, 0.1) is 0 Å². The molecule has 2 aromatic carbocycles. The van der Waals surface area contributed by atoms with E-state index in [4.69, 9.17) is 4.74 Å². The Balaban J connectivity index is 1.59. The normalized spacial score (nSPS) is 15.5. The molecule has 1 aliphatic rings. The van der Waals surface area contributed by atoms with Crippen molar-refractivity contribution in [3.05, 3.63) is 65.2 Å². The average Bonchev–Trinajstić information content (AvgIpc) is 2.63. The van der Waals surface area contributed by atoms with Crippen molar-refractivity contribution in [3.63, 3.8) is 0 Å². The van der Waals surface area contributed by atoms with Crippen LogP contribution >= 0.6 is 0 Å². The molecular weight excluding hydrogens is 302 g/mol. The molecule has 0 atom stereocenters. The summed E-state index contributed by atoms with van der Waals surface area (Å²) in [4.78, 5) is 14.6. The number of amides is 1. The zero-order valence-corrected chi connectivity index (χ0v) is 13.9. The fraction of sp³-hybridized carbons (Fsp3) is 0.350. The van der Waals surface area contributed by atoms with Crippen LogP contribution < -0.4 is 0 Å². The van der Waals surface area contributed by atoms with E-state index in [0.29, 0.717) is 18.3 Å². The molecule has 0 bridgehead atoms. The van der Waals surface area contributed by atoms with Gasteiger partial charge in [0.15, 0.2) is 0 Å². The molecule has 1 fully saturated rings. The third-order valence-electron chi connectivity index (χ3n) is 4.66. The fourth-order valence-corrected chi connectivity index (χ4v) is 3.26. The van der Waals surface area contributed by atoms with Crippen LogP contribution in [0.3, 0.4) is 0 Å². The maximum absolute atomic E-state index is 12.6. The van der Waals surface area contributed by atoms with Gasteiger partial charge in [-0.2, -0.15) is 0 Å². The number of phenolic OH excluding ortho intramolecular Hbond substituents is 1. The number of hydrogen-bond donors (Lipinski definition) is 1. The van der Waals surface area contributed by atoms with Gasteiger partial charge in [-0.15, -0.1) is 0 Å². The summed E-state index contributed by atoms with van der Waals surface area (Å²) in [5.41, 5.74) is 3.04. The quantitative estimate of drug-likeness (QED) is 0.935. The maximum atomic E-state index is 12.6. The van der Waals surface area contributed by atoms with Crippen molar-refractivity contribution < 1.29 is 14.6 Å². The Kier molecular flexibility index (Phi) is 5.16. The van der Waals surface area contributed by atoms with Crippen molar-refractivity contribution in [2.45, 2.75) is 25.4 Å². The minimum atomic E-state index is 0.100. The molecule has 126 valence electrons. The summed E-state index contributed by atoms with van der Waals surface area (Å²) in [5, 5.41) is 9.39. The van der Waals surface area contributed by atoms with Crippen molar-refractivity contribution in [3.8, 4) is 5.75 Å². The summed E-state index contributed by atoms with van der Waals surface area (Å²) in [6.07, 6.45) is 1.91. The number of hydrogen-bond acceptors (Lipinski definition) is 3. The second-order valence-corrected chi connectivity index (χ2v) is 6.29. The highest BCUT2D eigenvalue weighted by Crippen LogP contribution is 2.29. The largest absolute Gasteiger partial charge is 0.508 e. The predicted octanol–water partition coefficient (Wildman–Crippen LogP) is 3.56. The van der Waals surface area contributed by atoms with Crippen molar-refractivity contribution in [2.24, 2.45) is 0 Å². The highest BCUT2D eigenvalue weighted by molar-refractivity contribution is 5.94. The number of likely N-dealkylation sites (tertiary alicyclic amines) is 1. The number of ether oxygens (including phenoxy) is 1. The number of nitrogens with zero attached hydrogens (tertiary/aromatic N) is 1. The summed E-state index contributed by atoms with van der Waals surface area (Å²) >= 11 is 0. The number of benzene rings is 2. The zero-order chi connectivity index (χ0) is 16.9. The van der Waals surface area contributed by atoms with E-state index in [-0.39, 0.29) is 5.91 Å². The van der Waals surface area contributed by atoms with Gasteiger partial charge in [0.25, 0.3) is 5.91 Å². The Morgan fingerprint density at radius 3 is 2.29 bits per heavy atom.